The number of rotatable bonds is 3. The summed E-state index contributed by atoms with van der Waals surface area (Å²) < 4.78 is 10.2. The summed E-state index contributed by atoms with van der Waals surface area (Å²) in [5.74, 6) is 0.987. The van der Waals surface area contributed by atoms with E-state index in [0.29, 0.717) is 33.7 Å². The van der Waals surface area contributed by atoms with Crippen molar-refractivity contribution in [3.63, 3.8) is 0 Å². The van der Waals surface area contributed by atoms with Crippen LogP contribution in [0, 0.1) is 0 Å². The molecule has 106 valence electrons. The molecule has 0 bridgehead atoms. The first kappa shape index (κ1) is 13.3. The molecule has 8 heteroatoms. The van der Waals surface area contributed by atoms with E-state index in [1.54, 1.807) is 24.3 Å². The zero-order chi connectivity index (χ0) is 14.8. The van der Waals surface area contributed by atoms with Crippen molar-refractivity contribution < 1.29 is 9.26 Å². The van der Waals surface area contributed by atoms with Crippen LogP contribution >= 0.6 is 11.6 Å². The monoisotopic (exact) mass is 303 g/mol. The number of para-hydroxylation sites is 1. The average molecular weight is 304 g/mol. The molecule has 0 amide bonds. The Morgan fingerprint density at radius 2 is 2.14 bits per heavy atom. The highest BCUT2D eigenvalue weighted by Gasteiger charge is 2.15. The Kier molecular flexibility index (Phi) is 3.41. The fourth-order valence-electron chi connectivity index (χ4n) is 1.73. The Morgan fingerprint density at radius 3 is 2.95 bits per heavy atom. The molecule has 0 unspecified atom stereocenters. The molecule has 0 atom stereocenters. The van der Waals surface area contributed by atoms with E-state index < -0.39 is 0 Å². The van der Waals surface area contributed by atoms with Crippen LogP contribution in [-0.2, 0) is 0 Å². The summed E-state index contributed by atoms with van der Waals surface area (Å²) in [5, 5.41) is 4.31. The third-order valence-corrected chi connectivity index (χ3v) is 3.12. The number of methoxy groups -OCH3 is 1. The molecule has 21 heavy (non-hydrogen) atoms. The molecule has 0 fully saturated rings. The molecule has 2 heterocycles. The highest BCUT2D eigenvalue weighted by molar-refractivity contribution is 6.33. The van der Waals surface area contributed by atoms with E-state index in [9.17, 15) is 0 Å². The van der Waals surface area contributed by atoms with Gasteiger partial charge in [0.1, 0.15) is 12.0 Å². The zero-order valence-corrected chi connectivity index (χ0v) is 11.7. The van der Waals surface area contributed by atoms with E-state index in [-0.39, 0.29) is 5.89 Å². The van der Waals surface area contributed by atoms with Gasteiger partial charge in [0.15, 0.2) is 0 Å². The minimum Gasteiger partial charge on any atom is -0.481 e. The third-order valence-electron chi connectivity index (χ3n) is 2.79. The van der Waals surface area contributed by atoms with Crippen LogP contribution in [0.1, 0.15) is 0 Å². The Balaban J connectivity index is 2.01. The fraction of sp³-hybridized carbons (Fsp3) is 0.0769. The first-order valence-corrected chi connectivity index (χ1v) is 6.31. The Hall–Kier alpha value is -2.67. The topological polar surface area (TPSA) is 100.0 Å². The largest absolute Gasteiger partial charge is 0.481 e. The van der Waals surface area contributed by atoms with Crippen LogP contribution in [0.5, 0.6) is 5.88 Å². The number of nitrogen functional groups attached to an aromatic ring is 1. The van der Waals surface area contributed by atoms with Crippen molar-refractivity contribution in [2.24, 2.45) is 0 Å². The molecule has 1 aromatic carbocycles. The van der Waals surface area contributed by atoms with Gasteiger partial charge in [-0.15, -0.1) is 0 Å². The van der Waals surface area contributed by atoms with E-state index in [4.69, 9.17) is 26.6 Å². The van der Waals surface area contributed by atoms with Gasteiger partial charge in [0, 0.05) is 6.07 Å². The molecule has 0 aliphatic heterocycles. The van der Waals surface area contributed by atoms with Gasteiger partial charge >= 0.3 is 0 Å². The third kappa shape index (κ3) is 2.50. The number of ether oxygens (including phenoxy) is 1. The standard InChI is InChI=1S/C13H10ClN5O2/c1-20-10-5-9(16-6-17-10)12-18-13(21-19-12)7-3-2-4-8(14)11(7)15/h2-6H,15H2,1H3. The van der Waals surface area contributed by atoms with Crippen molar-refractivity contribution in [2.75, 3.05) is 12.8 Å². The predicted octanol–water partition coefficient (Wildman–Crippen LogP) is 2.44. The zero-order valence-electron chi connectivity index (χ0n) is 10.9. The number of aromatic nitrogens is 4. The van der Waals surface area contributed by atoms with Crippen LogP contribution < -0.4 is 10.5 Å². The van der Waals surface area contributed by atoms with E-state index >= 15 is 0 Å². The Bertz CT molecular complexity index is 790. The van der Waals surface area contributed by atoms with Crippen molar-refractivity contribution in [1.29, 1.82) is 0 Å². The lowest BCUT2D eigenvalue weighted by molar-refractivity contribution is 0.397. The smallest absolute Gasteiger partial charge is 0.260 e. The van der Waals surface area contributed by atoms with Crippen molar-refractivity contribution in [3.05, 3.63) is 35.6 Å². The van der Waals surface area contributed by atoms with Crippen LogP contribution in [0.25, 0.3) is 23.0 Å². The van der Waals surface area contributed by atoms with Crippen LogP contribution in [0.4, 0.5) is 5.69 Å². The number of hydrogen-bond donors (Lipinski definition) is 1. The number of nitrogens with two attached hydrogens (primary N) is 1. The Labute approximate surface area is 124 Å². The summed E-state index contributed by atoms with van der Waals surface area (Å²) in [6.07, 6.45) is 1.36. The quantitative estimate of drug-likeness (QED) is 0.742. The molecule has 0 saturated heterocycles. The number of anilines is 1. The normalized spacial score (nSPS) is 10.6. The van der Waals surface area contributed by atoms with Crippen LogP contribution in [0.2, 0.25) is 5.02 Å². The van der Waals surface area contributed by atoms with E-state index in [1.807, 2.05) is 0 Å². The second kappa shape index (κ2) is 5.37. The molecule has 3 aromatic rings. The molecule has 3 rings (SSSR count). The van der Waals surface area contributed by atoms with Crippen molar-refractivity contribution in [3.8, 4) is 28.9 Å². The number of nitrogens with zero attached hydrogens (tertiary/aromatic N) is 4. The van der Waals surface area contributed by atoms with Gasteiger partial charge in [0.2, 0.25) is 11.7 Å². The molecule has 0 aliphatic rings. The van der Waals surface area contributed by atoms with Crippen LogP contribution in [0.15, 0.2) is 35.1 Å². The second-order valence-corrected chi connectivity index (χ2v) is 4.48. The maximum atomic E-state index is 5.98. The summed E-state index contributed by atoms with van der Waals surface area (Å²) in [5.41, 5.74) is 7.34. The lowest BCUT2D eigenvalue weighted by atomic mass is 10.2. The predicted molar refractivity (Wildman–Crippen MR) is 76.7 cm³/mol. The van der Waals surface area contributed by atoms with Gasteiger partial charge in [0.05, 0.1) is 23.4 Å². The SMILES string of the molecule is COc1cc(-c2noc(-c3cccc(Cl)c3N)n2)ncn1. The molecular formula is C13H10ClN5O2. The average Bonchev–Trinajstić information content (AvgIpc) is 3.00. The summed E-state index contributed by atoms with van der Waals surface area (Å²) in [6, 6.07) is 6.80. The van der Waals surface area contributed by atoms with Gasteiger partial charge in [-0.05, 0) is 12.1 Å². The summed E-state index contributed by atoms with van der Waals surface area (Å²) in [6.45, 7) is 0. The molecule has 2 aromatic heterocycles. The first-order valence-electron chi connectivity index (χ1n) is 5.93. The highest BCUT2D eigenvalue weighted by Crippen LogP contribution is 2.31. The maximum Gasteiger partial charge on any atom is 0.260 e. The van der Waals surface area contributed by atoms with E-state index in [2.05, 4.69) is 20.1 Å². The minimum absolute atomic E-state index is 0.266. The molecular weight excluding hydrogens is 294 g/mol. The van der Waals surface area contributed by atoms with Gasteiger partial charge in [-0.3, -0.25) is 0 Å². The summed E-state index contributed by atoms with van der Waals surface area (Å²) in [7, 11) is 1.51. The van der Waals surface area contributed by atoms with Gasteiger partial charge in [-0.1, -0.05) is 22.8 Å². The molecule has 0 aliphatic carbocycles. The summed E-state index contributed by atoms with van der Waals surface area (Å²) >= 11 is 5.98. The molecule has 0 spiro atoms. The fourth-order valence-corrected chi connectivity index (χ4v) is 1.91. The van der Waals surface area contributed by atoms with Crippen molar-refractivity contribution in [2.45, 2.75) is 0 Å². The molecule has 0 saturated carbocycles. The van der Waals surface area contributed by atoms with Crippen molar-refractivity contribution >= 4 is 17.3 Å². The van der Waals surface area contributed by atoms with Gasteiger partial charge < -0.3 is 15.0 Å². The number of halogens is 1. The van der Waals surface area contributed by atoms with Gasteiger partial charge in [0.25, 0.3) is 5.89 Å². The van der Waals surface area contributed by atoms with Crippen LogP contribution in [0.3, 0.4) is 0 Å². The Morgan fingerprint density at radius 1 is 1.29 bits per heavy atom. The van der Waals surface area contributed by atoms with E-state index in [1.165, 1.54) is 13.4 Å². The lowest BCUT2D eigenvalue weighted by Gasteiger charge is -2.01. The first-order chi connectivity index (χ1) is 10.2. The van der Waals surface area contributed by atoms with Crippen LogP contribution in [-0.4, -0.2) is 27.2 Å². The number of benzene rings is 1. The molecule has 0 radical (unpaired) electrons. The van der Waals surface area contributed by atoms with Gasteiger partial charge in [-0.25, -0.2) is 9.97 Å². The van der Waals surface area contributed by atoms with E-state index in [0.717, 1.165) is 0 Å². The number of hydrogen-bond acceptors (Lipinski definition) is 7. The second-order valence-electron chi connectivity index (χ2n) is 4.07. The lowest BCUT2D eigenvalue weighted by Crippen LogP contribution is -1.93. The summed E-state index contributed by atoms with van der Waals surface area (Å²) in [4.78, 5) is 12.3. The highest BCUT2D eigenvalue weighted by atomic mass is 35.5. The minimum atomic E-state index is 0.266. The van der Waals surface area contributed by atoms with Crippen molar-refractivity contribution in [1.82, 2.24) is 20.1 Å². The maximum absolute atomic E-state index is 5.98. The molecule has 7 nitrogen and oxygen atoms in total. The van der Waals surface area contributed by atoms with Gasteiger partial charge in [-0.2, -0.15) is 4.98 Å². The molecule has 2 N–H and O–H groups in total.